The second kappa shape index (κ2) is 4.93. The van der Waals surface area contributed by atoms with Gasteiger partial charge in [0.1, 0.15) is 5.82 Å². The first-order chi connectivity index (χ1) is 7.70. The Bertz CT molecular complexity index is 367. The summed E-state index contributed by atoms with van der Waals surface area (Å²) in [7, 11) is 0. The van der Waals surface area contributed by atoms with Gasteiger partial charge in [-0.2, -0.15) is 0 Å². The monoisotopic (exact) mass is 223 g/mol. The van der Waals surface area contributed by atoms with Gasteiger partial charge in [-0.05, 0) is 36.6 Å². The molecule has 1 saturated heterocycles. The van der Waals surface area contributed by atoms with Gasteiger partial charge in [0, 0.05) is 13.1 Å². The molecule has 2 rings (SSSR count). The average Bonchev–Trinajstić information content (AvgIpc) is 2.32. The summed E-state index contributed by atoms with van der Waals surface area (Å²) in [5, 5.41) is 3.33. The van der Waals surface area contributed by atoms with E-state index in [4.69, 9.17) is 4.74 Å². The molecule has 1 aromatic carbocycles. The molecular weight excluding hydrogens is 205 g/mol. The maximum atomic E-state index is 13.2. The van der Waals surface area contributed by atoms with Crippen molar-refractivity contribution < 1.29 is 9.13 Å². The molecule has 2 nitrogen and oxygen atoms in total. The Labute approximate surface area is 95.8 Å². The van der Waals surface area contributed by atoms with Crippen molar-refractivity contribution >= 4 is 0 Å². The number of halogens is 1. The fourth-order valence-electron chi connectivity index (χ4n) is 2.09. The molecule has 1 N–H and O–H groups in total. The summed E-state index contributed by atoms with van der Waals surface area (Å²) >= 11 is 0. The Morgan fingerprint density at radius 2 is 2.25 bits per heavy atom. The summed E-state index contributed by atoms with van der Waals surface area (Å²) in [5.41, 5.74) is 2.05. The van der Waals surface area contributed by atoms with Gasteiger partial charge < -0.3 is 10.1 Å². The number of hydrogen-bond donors (Lipinski definition) is 1. The van der Waals surface area contributed by atoms with E-state index < -0.39 is 0 Å². The molecule has 0 bridgehead atoms. The van der Waals surface area contributed by atoms with Crippen molar-refractivity contribution in [2.75, 3.05) is 13.1 Å². The molecule has 1 aromatic rings. The standard InChI is InChI=1S/C13H18FNO/c1-3-11-7-15-8-13(16-11)12-6-10(14)5-4-9(12)2/h4-6,11,13,15H,3,7-8H2,1-2H3. The first-order valence-corrected chi connectivity index (χ1v) is 5.83. The van der Waals surface area contributed by atoms with Crippen LogP contribution in [-0.4, -0.2) is 19.2 Å². The van der Waals surface area contributed by atoms with Gasteiger partial charge in [0.05, 0.1) is 12.2 Å². The second-order valence-corrected chi connectivity index (χ2v) is 4.31. The fourth-order valence-corrected chi connectivity index (χ4v) is 2.09. The van der Waals surface area contributed by atoms with Crippen LogP contribution in [0.5, 0.6) is 0 Å². The molecular formula is C13H18FNO. The van der Waals surface area contributed by atoms with E-state index in [1.807, 2.05) is 13.0 Å². The topological polar surface area (TPSA) is 21.3 Å². The lowest BCUT2D eigenvalue weighted by Crippen LogP contribution is -2.40. The Morgan fingerprint density at radius 1 is 1.44 bits per heavy atom. The Morgan fingerprint density at radius 3 is 3.00 bits per heavy atom. The number of rotatable bonds is 2. The first kappa shape index (κ1) is 11.6. The van der Waals surface area contributed by atoms with Crippen molar-refractivity contribution in [3.8, 4) is 0 Å². The Hall–Kier alpha value is -0.930. The van der Waals surface area contributed by atoms with Crippen LogP contribution in [0, 0.1) is 12.7 Å². The van der Waals surface area contributed by atoms with Gasteiger partial charge in [-0.25, -0.2) is 4.39 Å². The van der Waals surface area contributed by atoms with Crippen LogP contribution in [0.2, 0.25) is 0 Å². The number of hydrogen-bond acceptors (Lipinski definition) is 2. The molecule has 0 aromatic heterocycles. The molecule has 3 heteroatoms. The van der Waals surface area contributed by atoms with Crippen LogP contribution >= 0.6 is 0 Å². The van der Waals surface area contributed by atoms with Crippen molar-refractivity contribution in [2.24, 2.45) is 0 Å². The molecule has 1 heterocycles. The highest BCUT2D eigenvalue weighted by atomic mass is 19.1. The normalized spacial score (nSPS) is 25.7. The molecule has 0 saturated carbocycles. The van der Waals surface area contributed by atoms with Crippen molar-refractivity contribution in [3.05, 3.63) is 35.1 Å². The van der Waals surface area contributed by atoms with E-state index in [1.165, 1.54) is 6.07 Å². The lowest BCUT2D eigenvalue weighted by Gasteiger charge is -2.31. The van der Waals surface area contributed by atoms with Gasteiger partial charge in [0.25, 0.3) is 0 Å². The van der Waals surface area contributed by atoms with E-state index in [0.717, 1.165) is 30.6 Å². The zero-order chi connectivity index (χ0) is 11.5. The molecule has 88 valence electrons. The van der Waals surface area contributed by atoms with Crippen LogP contribution in [0.4, 0.5) is 4.39 Å². The quantitative estimate of drug-likeness (QED) is 0.832. The van der Waals surface area contributed by atoms with E-state index in [9.17, 15) is 4.39 Å². The number of morpholine rings is 1. The average molecular weight is 223 g/mol. The van der Waals surface area contributed by atoms with Gasteiger partial charge in [-0.15, -0.1) is 0 Å². The molecule has 0 aliphatic carbocycles. The van der Waals surface area contributed by atoms with Crippen LogP contribution in [0.15, 0.2) is 18.2 Å². The van der Waals surface area contributed by atoms with Crippen LogP contribution in [-0.2, 0) is 4.74 Å². The van der Waals surface area contributed by atoms with Gasteiger partial charge in [0.15, 0.2) is 0 Å². The van der Waals surface area contributed by atoms with E-state index in [2.05, 4.69) is 12.2 Å². The minimum atomic E-state index is -0.192. The summed E-state index contributed by atoms with van der Waals surface area (Å²) in [6.07, 6.45) is 1.20. The van der Waals surface area contributed by atoms with E-state index >= 15 is 0 Å². The van der Waals surface area contributed by atoms with Crippen LogP contribution in [0.25, 0.3) is 0 Å². The smallest absolute Gasteiger partial charge is 0.123 e. The lowest BCUT2D eigenvalue weighted by atomic mass is 10.0. The molecule has 1 aliphatic rings. The SMILES string of the molecule is CCC1CNCC(c2cc(F)ccc2C)O1. The van der Waals surface area contributed by atoms with E-state index in [-0.39, 0.29) is 18.0 Å². The number of benzene rings is 1. The Kier molecular flexibility index (Phi) is 3.56. The minimum absolute atomic E-state index is 0.0191. The molecule has 16 heavy (non-hydrogen) atoms. The Balaban J connectivity index is 2.19. The third-order valence-corrected chi connectivity index (χ3v) is 3.10. The highest BCUT2D eigenvalue weighted by Gasteiger charge is 2.23. The summed E-state index contributed by atoms with van der Waals surface area (Å²) in [6, 6.07) is 4.88. The summed E-state index contributed by atoms with van der Waals surface area (Å²) in [6.45, 7) is 5.75. The molecule has 0 amide bonds. The highest BCUT2D eigenvalue weighted by molar-refractivity contribution is 5.29. The molecule has 0 spiro atoms. The largest absolute Gasteiger partial charge is 0.368 e. The van der Waals surface area contributed by atoms with Crippen molar-refractivity contribution in [1.82, 2.24) is 5.32 Å². The third kappa shape index (κ3) is 2.42. The van der Waals surface area contributed by atoms with Crippen molar-refractivity contribution in [3.63, 3.8) is 0 Å². The summed E-state index contributed by atoms with van der Waals surface area (Å²) in [4.78, 5) is 0. The number of nitrogens with one attached hydrogen (secondary N) is 1. The van der Waals surface area contributed by atoms with Gasteiger partial charge >= 0.3 is 0 Å². The molecule has 2 atom stereocenters. The van der Waals surface area contributed by atoms with E-state index in [0.29, 0.717) is 0 Å². The first-order valence-electron chi connectivity index (χ1n) is 5.83. The summed E-state index contributed by atoms with van der Waals surface area (Å²) in [5.74, 6) is -0.192. The number of aryl methyl sites for hydroxylation is 1. The molecule has 1 aliphatic heterocycles. The van der Waals surface area contributed by atoms with Crippen molar-refractivity contribution in [1.29, 1.82) is 0 Å². The van der Waals surface area contributed by atoms with Gasteiger partial charge in [0.2, 0.25) is 0 Å². The van der Waals surface area contributed by atoms with Crippen LogP contribution in [0.1, 0.15) is 30.6 Å². The van der Waals surface area contributed by atoms with Crippen molar-refractivity contribution in [2.45, 2.75) is 32.5 Å². The van der Waals surface area contributed by atoms with Crippen LogP contribution < -0.4 is 5.32 Å². The van der Waals surface area contributed by atoms with Crippen LogP contribution in [0.3, 0.4) is 0 Å². The zero-order valence-corrected chi connectivity index (χ0v) is 9.79. The molecule has 1 fully saturated rings. The molecule has 0 radical (unpaired) electrons. The maximum Gasteiger partial charge on any atom is 0.123 e. The van der Waals surface area contributed by atoms with Gasteiger partial charge in [-0.3, -0.25) is 0 Å². The number of ether oxygens (including phenoxy) is 1. The minimum Gasteiger partial charge on any atom is -0.368 e. The molecule has 2 unspecified atom stereocenters. The summed E-state index contributed by atoms with van der Waals surface area (Å²) < 4.78 is 19.1. The fraction of sp³-hybridized carbons (Fsp3) is 0.538. The predicted octanol–water partition coefficient (Wildman–Crippen LogP) is 2.57. The second-order valence-electron chi connectivity index (χ2n) is 4.31. The maximum absolute atomic E-state index is 13.2. The highest BCUT2D eigenvalue weighted by Crippen LogP contribution is 2.25. The van der Waals surface area contributed by atoms with Gasteiger partial charge in [-0.1, -0.05) is 13.0 Å². The predicted molar refractivity (Wildman–Crippen MR) is 61.9 cm³/mol. The lowest BCUT2D eigenvalue weighted by molar-refractivity contribution is -0.0403. The zero-order valence-electron chi connectivity index (χ0n) is 9.79. The third-order valence-electron chi connectivity index (χ3n) is 3.10. The van der Waals surface area contributed by atoms with E-state index in [1.54, 1.807) is 6.07 Å².